The molecule has 4 nitrogen and oxygen atoms in total. The maximum atomic E-state index is 12.1. The molecule has 0 aromatic heterocycles. The van der Waals surface area contributed by atoms with Crippen molar-refractivity contribution in [3.8, 4) is 6.07 Å². The van der Waals surface area contributed by atoms with E-state index in [0.29, 0.717) is 5.56 Å². The van der Waals surface area contributed by atoms with E-state index < -0.39 is 21.8 Å². The fourth-order valence-corrected chi connectivity index (χ4v) is 1.65. The highest BCUT2D eigenvalue weighted by atomic mass is 32.2. The van der Waals surface area contributed by atoms with Gasteiger partial charge in [0.1, 0.15) is 6.04 Å². The largest absolute Gasteiger partial charge is 0.350 e. The van der Waals surface area contributed by atoms with Crippen LogP contribution in [0.15, 0.2) is 30.3 Å². The van der Waals surface area contributed by atoms with Crippen LogP contribution in [-0.2, 0) is 10.0 Å². The van der Waals surface area contributed by atoms with E-state index in [0.717, 1.165) is 0 Å². The Hall–Kier alpha value is -1.52. The number of nitriles is 1. The molecule has 0 aliphatic rings. The average molecular weight is 246 g/mol. The van der Waals surface area contributed by atoms with Gasteiger partial charge >= 0.3 is 5.76 Å². The van der Waals surface area contributed by atoms with Gasteiger partial charge in [0.2, 0.25) is 0 Å². The number of benzene rings is 1. The summed E-state index contributed by atoms with van der Waals surface area (Å²) >= 11 is 0. The average Bonchev–Trinajstić information content (AvgIpc) is 2.27. The van der Waals surface area contributed by atoms with Crippen molar-refractivity contribution in [2.24, 2.45) is 0 Å². The maximum absolute atomic E-state index is 12.1. The van der Waals surface area contributed by atoms with Gasteiger partial charge in [-0.05, 0) is 5.56 Å². The minimum absolute atomic E-state index is 0.314. The van der Waals surface area contributed by atoms with Crippen LogP contribution in [0.2, 0.25) is 0 Å². The molecule has 7 heteroatoms. The van der Waals surface area contributed by atoms with Crippen molar-refractivity contribution in [1.29, 1.82) is 5.26 Å². The van der Waals surface area contributed by atoms with Crippen molar-refractivity contribution in [3.63, 3.8) is 0 Å². The van der Waals surface area contributed by atoms with E-state index >= 15 is 0 Å². The third kappa shape index (κ3) is 2.98. The van der Waals surface area contributed by atoms with E-state index in [1.807, 2.05) is 0 Å². The molecule has 1 unspecified atom stereocenters. The third-order valence-electron chi connectivity index (χ3n) is 1.78. The second-order valence-corrected chi connectivity index (χ2v) is 4.58. The Labute approximate surface area is 91.6 Å². The van der Waals surface area contributed by atoms with E-state index in [9.17, 15) is 17.2 Å². The van der Waals surface area contributed by atoms with Gasteiger partial charge in [-0.2, -0.15) is 18.8 Å². The fourth-order valence-electron chi connectivity index (χ4n) is 1.03. The summed E-state index contributed by atoms with van der Waals surface area (Å²) in [5, 5.41) is 8.70. The molecule has 0 aliphatic carbocycles. The molecule has 0 aliphatic heterocycles. The molecule has 86 valence electrons. The predicted octanol–water partition coefficient (Wildman–Crippen LogP) is 1.39. The van der Waals surface area contributed by atoms with Crippen molar-refractivity contribution in [3.05, 3.63) is 35.9 Å². The number of sulfonamides is 1. The summed E-state index contributed by atoms with van der Waals surface area (Å²) in [6.07, 6.45) is 0. The van der Waals surface area contributed by atoms with Crippen LogP contribution in [0.25, 0.3) is 0 Å². The minimum Gasteiger partial charge on any atom is -0.206 e. The van der Waals surface area contributed by atoms with Crippen LogP contribution >= 0.6 is 0 Å². The van der Waals surface area contributed by atoms with E-state index in [4.69, 9.17) is 5.26 Å². The zero-order valence-corrected chi connectivity index (χ0v) is 8.79. The number of rotatable bonds is 4. The lowest BCUT2D eigenvalue weighted by Crippen LogP contribution is -2.32. The van der Waals surface area contributed by atoms with Crippen molar-refractivity contribution in [2.45, 2.75) is 11.8 Å². The van der Waals surface area contributed by atoms with Crippen molar-refractivity contribution >= 4 is 10.0 Å². The summed E-state index contributed by atoms with van der Waals surface area (Å²) in [7, 11) is -4.76. The molecule has 1 atom stereocenters. The number of hydrogen-bond acceptors (Lipinski definition) is 3. The Morgan fingerprint density at radius 1 is 1.25 bits per heavy atom. The van der Waals surface area contributed by atoms with Gasteiger partial charge in [0.15, 0.2) is 0 Å². The van der Waals surface area contributed by atoms with Crippen LogP contribution in [0.1, 0.15) is 11.6 Å². The molecule has 16 heavy (non-hydrogen) atoms. The second kappa shape index (κ2) is 5.01. The summed E-state index contributed by atoms with van der Waals surface area (Å²) in [5.74, 6) is -3.55. The number of alkyl halides is 2. The first-order chi connectivity index (χ1) is 7.47. The van der Waals surface area contributed by atoms with Crippen LogP contribution in [0, 0.1) is 11.3 Å². The standard InChI is InChI=1S/C9H8F2N2O2S/c10-9(11)16(14,15)13-8(6-12)7-4-2-1-3-5-7/h1-5,8-9,13H. The van der Waals surface area contributed by atoms with Gasteiger partial charge < -0.3 is 0 Å². The SMILES string of the molecule is N#CC(NS(=O)(=O)C(F)F)c1ccccc1. The Morgan fingerprint density at radius 3 is 2.25 bits per heavy atom. The highest BCUT2D eigenvalue weighted by Crippen LogP contribution is 2.14. The lowest BCUT2D eigenvalue weighted by molar-refractivity contribution is 0.232. The molecule has 0 bridgehead atoms. The summed E-state index contributed by atoms with van der Waals surface area (Å²) < 4.78 is 47.5. The Kier molecular flexibility index (Phi) is 3.93. The summed E-state index contributed by atoms with van der Waals surface area (Å²) in [4.78, 5) is 0. The van der Waals surface area contributed by atoms with Gasteiger partial charge in [-0.1, -0.05) is 30.3 Å². The topological polar surface area (TPSA) is 70.0 Å². The van der Waals surface area contributed by atoms with E-state index in [-0.39, 0.29) is 0 Å². The van der Waals surface area contributed by atoms with Crippen LogP contribution in [0.3, 0.4) is 0 Å². The molecule has 0 radical (unpaired) electrons. The predicted molar refractivity (Wildman–Crippen MR) is 52.9 cm³/mol. The molecule has 1 aromatic rings. The maximum Gasteiger partial charge on any atom is 0.350 e. The van der Waals surface area contributed by atoms with Crippen LogP contribution in [-0.4, -0.2) is 14.2 Å². The normalized spacial score (nSPS) is 13.4. The molecule has 1 rings (SSSR count). The van der Waals surface area contributed by atoms with E-state index in [1.54, 1.807) is 29.0 Å². The molecular weight excluding hydrogens is 238 g/mol. The zero-order valence-electron chi connectivity index (χ0n) is 7.97. The number of nitrogens with one attached hydrogen (secondary N) is 1. The molecular formula is C9H8F2N2O2S. The number of halogens is 2. The smallest absolute Gasteiger partial charge is 0.206 e. The van der Waals surface area contributed by atoms with Gasteiger partial charge in [0.25, 0.3) is 10.0 Å². The molecule has 0 heterocycles. The fraction of sp³-hybridized carbons (Fsp3) is 0.222. The van der Waals surface area contributed by atoms with E-state index in [1.165, 1.54) is 12.1 Å². The lowest BCUT2D eigenvalue weighted by Gasteiger charge is -2.11. The van der Waals surface area contributed by atoms with Gasteiger partial charge in [0.05, 0.1) is 6.07 Å². The Morgan fingerprint density at radius 2 is 1.81 bits per heavy atom. The lowest BCUT2D eigenvalue weighted by atomic mass is 10.1. The first-order valence-corrected chi connectivity index (χ1v) is 5.76. The third-order valence-corrected chi connectivity index (χ3v) is 2.81. The van der Waals surface area contributed by atoms with Gasteiger partial charge in [-0.25, -0.2) is 8.42 Å². The van der Waals surface area contributed by atoms with Gasteiger partial charge in [0, 0.05) is 0 Å². The molecule has 0 saturated carbocycles. The summed E-state index contributed by atoms with van der Waals surface area (Å²) in [6, 6.07) is 8.07. The highest BCUT2D eigenvalue weighted by Gasteiger charge is 2.27. The van der Waals surface area contributed by atoms with Crippen molar-refractivity contribution < 1.29 is 17.2 Å². The van der Waals surface area contributed by atoms with E-state index in [2.05, 4.69) is 0 Å². The van der Waals surface area contributed by atoms with Gasteiger partial charge in [-0.3, -0.25) is 0 Å². The number of hydrogen-bond donors (Lipinski definition) is 1. The zero-order chi connectivity index (χ0) is 12.2. The molecule has 1 N–H and O–H groups in total. The quantitative estimate of drug-likeness (QED) is 0.872. The molecule has 0 amide bonds. The molecule has 0 saturated heterocycles. The van der Waals surface area contributed by atoms with Gasteiger partial charge in [-0.15, -0.1) is 0 Å². The van der Waals surface area contributed by atoms with Crippen LogP contribution in [0.4, 0.5) is 8.78 Å². The molecule has 0 spiro atoms. The molecule has 1 aromatic carbocycles. The summed E-state index contributed by atoms with van der Waals surface area (Å²) in [6.45, 7) is 0. The van der Waals surface area contributed by atoms with Crippen molar-refractivity contribution in [2.75, 3.05) is 0 Å². The summed E-state index contributed by atoms with van der Waals surface area (Å²) in [5.41, 5.74) is 0.314. The minimum atomic E-state index is -4.76. The van der Waals surface area contributed by atoms with Crippen LogP contribution in [0.5, 0.6) is 0 Å². The number of nitrogens with zero attached hydrogens (tertiary/aromatic N) is 1. The monoisotopic (exact) mass is 246 g/mol. The van der Waals surface area contributed by atoms with Crippen molar-refractivity contribution in [1.82, 2.24) is 4.72 Å². The second-order valence-electron chi connectivity index (χ2n) is 2.90. The Balaban J connectivity index is 2.92. The first kappa shape index (κ1) is 12.5. The molecule has 0 fully saturated rings. The Bertz CT molecular complexity index is 482. The van der Waals surface area contributed by atoms with Crippen LogP contribution < -0.4 is 4.72 Å². The first-order valence-electron chi connectivity index (χ1n) is 4.21. The highest BCUT2D eigenvalue weighted by molar-refractivity contribution is 7.89.